The highest BCUT2D eigenvalue weighted by atomic mass is 19.1. The molecule has 0 unspecified atom stereocenters. The molecule has 0 fully saturated rings. The normalized spacial score (nSPS) is 12.1. The van der Waals surface area contributed by atoms with E-state index in [2.05, 4.69) is 21.9 Å². The van der Waals surface area contributed by atoms with Crippen molar-refractivity contribution >= 4 is 18.6 Å². The van der Waals surface area contributed by atoms with E-state index in [4.69, 9.17) is 4.74 Å². The van der Waals surface area contributed by atoms with E-state index in [1.165, 1.54) is 19.4 Å². The molecule has 3 aromatic rings. The van der Waals surface area contributed by atoms with Gasteiger partial charge < -0.3 is 14.6 Å². The van der Waals surface area contributed by atoms with Crippen LogP contribution in [-0.2, 0) is 7.05 Å². The molecule has 1 amide bonds. The molecule has 1 N–H and O–H groups in total. The minimum Gasteiger partial charge on any atom is -0.496 e. The number of carbonyl (C=O) groups excluding carboxylic acids is 1. The summed E-state index contributed by atoms with van der Waals surface area (Å²) in [6.45, 7) is 5.80. The van der Waals surface area contributed by atoms with Gasteiger partial charge in [-0.2, -0.15) is 4.39 Å². The zero-order valence-electron chi connectivity index (χ0n) is 16.4. The van der Waals surface area contributed by atoms with Crippen LogP contribution < -0.4 is 20.8 Å². The molecule has 7 heteroatoms. The number of imidazole rings is 1. The number of amides is 1. The Morgan fingerprint density at radius 2 is 2.07 bits per heavy atom. The van der Waals surface area contributed by atoms with Gasteiger partial charge in [0, 0.05) is 30.6 Å². The number of carbonyl (C=O) groups is 1. The van der Waals surface area contributed by atoms with Crippen molar-refractivity contribution < 1.29 is 13.9 Å². The minimum absolute atomic E-state index is 0.270. The van der Waals surface area contributed by atoms with Crippen molar-refractivity contribution in [3.05, 3.63) is 76.6 Å². The topological polar surface area (TPSA) is 69.0 Å². The van der Waals surface area contributed by atoms with Gasteiger partial charge in [0.05, 0.1) is 23.4 Å². The van der Waals surface area contributed by atoms with E-state index in [0.29, 0.717) is 39.1 Å². The molecular weight excluding hydrogens is 371 g/mol. The highest BCUT2D eigenvalue weighted by Crippen LogP contribution is 2.17. The number of hydrogen-bond donors (Lipinski definition) is 1. The molecule has 0 saturated carbocycles. The fourth-order valence-electron chi connectivity index (χ4n) is 2.81. The molecule has 0 aliphatic heterocycles. The standard InChI is InChI=1S/C22H21FN4O2/c1-14(25-22(28)17-7-5-6-8-19(17)29-4)9-10-18-15(2)27(3)21(26-18)16-11-12-24-20(23)13-16/h5-13H,2H2,1,3-4H3,(H,25,28)/b14-9+,18-10+. The molecule has 2 aromatic heterocycles. The van der Waals surface area contributed by atoms with Crippen LogP contribution in [0.1, 0.15) is 17.3 Å². The largest absolute Gasteiger partial charge is 0.496 e. The number of allylic oxidation sites excluding steroid dienone is 2. The first kappa shape index (κ1) is 20.0. The number of aromatic nitrogens is 3. The molecule has 0 spiro atoms. The quantitative estimate of drug-likeness (QED) is 0.676. The summed E-state index contributed by atoms with van der Waals surface area (Å²) in [7, 11) is 3.33. The predicted molar refractivity (Wildman–Crippen MR) is 110 cm³/mol. The lowest BCUT2D eigenvalue weighted by Gasteiger charge is -2.08. The summed E-state index contributed by atoms with van der Waals surface area (Å²) in [5.74, 6) is 0.234. The Morgan fingerprint density at radius 3 is 2.79 bits per heavy atom. The van der Waals surface area contributed by atoms with Crippen LogP contribution in [-0.4, -0.2) is 27.6 Å². The second-order valence-electron chi connectivity index (χ2n) is 6.36. The SMILES string of the molecule is C=c1/c(=C\C=C(/C)NC(=O)c2ccccc2OC)nc(-c2ccnc(F)c2)n1C. The lowest BCUT2D eigenvalue weighted by molar-refractivity contribution is 0.0963. The smallest absolute Gasteiger partial charge is 0.259 e. The van der Waals surface area contributed by atoms with Crippen LogP contribution in [0.3, 0.4) is 0 Å². The fraction of sp³-hybridized carbons (Fsp3) is 0.136. The molecule has 0 aliphatic carbocycles. The number of rotatable bonds is 5. The van der Waals surface area contributed by atoms with E-state index in [-0.39, 0.29) is 5.91 Å². The number of ether oxygens (including phenoxy) is 1. The predicted octanol–water partition coefficient (Wildman–Crippen LogP) is 2.15. The first-order valence-corrected chi connectivity index (χ1v) is 8.87. The van der Waals surface area contributed by atoms with E-state index >= 15 is 0 Å². The summed E-state index contributed by atoms with van der Waals surface area (Å²) in [5, 5.41) is 4.10. The number of para-hydroxylation sites is 1. The van der Waals surface area contributed by atoms with Gasteiger partial charge in [-0.05, 0) is 37.3 Å². The number of pyridine rings is 1. The van der Waals surface area contributed by atoms with Gasteiger partial charge in [-0.25, -0.2) is 9.97 Å². The number of benzene rings is 1. The summed E-state index contributed by atoms with van der Waals surface area (Å²) in [6.07, 6.45) is 4.88. The minimum atomic E-state index is -0.573. The maximum Gasteiger partial charge on any atom is 0.259 e. The average molecular weight is 392 g/mol. The second-order valence-corrected chi connectivity index (χ2v) is 6.36. The fourth-order valence-corrected chi connectivity index (χ4v) is 2.81. The van der Waals surface area contributed by atoms with E-state index in [0.717, 1.165) is 0 Å². The van der Waals surface area contributed by atoms with Crippen LogP contribution in [0.5, 0.6) is 5.75 Å². The molecule has 0 aliphatic rings. The summed E-state index contributed by atoms with van der Waals surface area (Å²) in [5.41, 5.74) is 1.68. The van der Waals surface area contributed by atoms with Gasteiger partial charge in [0.25, 0.3) is 5.91 Å². The van der Waals surface area contributed by atoms with E-state index < -0.39 is 5.95 Å². The number of nitrogens with zero attached hydrogens (tertiary/aromatic N) is 3. The molecule has 6 nitrogen and oxygen atoms in total. The number of hydrogen-bond acceptors (Lipinski definition) is 4. The van der Waals surface area contributed by atoms with Crippen molar-refractivity contribution in [1.82, 2.24) is 19.9 Å². The highest BCUT2D eigenvalue weighted by Gasteiger charge is 2.11. The Hall–Kier alpha value is -3.74. The first-order valence-electron chi connectivity index (χ1n) is 8.87. The molecular formula is C22H21FN4O2. The third kappa shape index (κ3) is 4.40. The molecule has 0 bridgehead atoms. The van der Waals surface area contributed by atoms with E-state index in [1.54, 1.807) is 61.0 Å². The Bertz CT molecular complexity index is 1200. The zero-order valence-corrected chi connectivity index (χ0v) is 16.4. The van der Waals surface area contributed by atoms with Crippen LogP contribution >= 0.6 is 0 Å². The molecule has 0 saturated heterocycles. The number of nitrogens with one attached hydrogen (secondary N) is 1. The van der Waals surface area contributed by atoms with Crippen molar-refractivity contribution in [3.8, 4) is 17.1 Å². The summed E-state index contributed by atoms with van der Waals surface area (Å²) < 4.78 is 20.4. The lowest BCUT2D eigenvalue weighted by Crippen LogP contribution is -2.27. The van der Waals surface area contributed by atoms with Crippen molar-refractivity contribution in [2.75, 3.05) is 7.11 Å². The molecule has 3 rings (SSSR count). The van der Waals surface area contributed by atoms with Crippen LogP contribution in [0.2, 0.25) is 0 Å². The second kappa shape index (κ2) is 8.52. The number of methoxy groups -OCH3 is 1. The van der Waals surface area contributed by atoms with Gasteiger partial charge in [-0.1, -0.05) is 18.7 Å². The molecule has 29 heavy (non-hydrogen) atoms. The van der Waals surface area contributed by atoms with Crippen LogP contribution in [0.25, 0.3) is 24.0 Å². The monoisotopic (exact) mass is 392 g/mol. The van der Waals surface area contributed by atoms with E-state index in [1.807, 2.05) is 0 Å². The van der Waals surface area contributed by atoms with Gasteiger partial charge in [0.1, 0.15) is 11.6 Å². The Balaban J connectivity index is 1.87. The van der Waals surface area contributed by atoms with Crippen LogP contribution in [0.4, 0.5) is 4.39 Å². The van der Waals surface area contributed by atoms with Gasteiger partial charge >= 0.3 is 0 Å². The van der Waals surface area contributed by atoms with Crippen LogP contribution in [0.15, 0.2) is 54.4 Å². The van der Waals surface area contributed by atoms with E-state index in [9.17, 15) is 9.18 Å². The third-order valence-corrected chi connectivity index (χ3v) is 4.38. The lowest BCUT2D eigenvalue weighted by atomic mass is 10.2. The van der Waals surface area contributed by atoms with Crippen molar-refractivity contribution in [3.63, 3.8) is 0 Å². The highest BCUT2D eigenvalue weighted by molar-refractivity contribution is 5.97. The Kier molecular flexibility index (Phi) is 5.87. The van der Waals surface area contributed by atoms with Crippen molar-refractivity contribution in [1.29, 1.82) is 0 Å². The van der Waals surface area contributed by atoms with Crippen LogP contribution in [0, 0.1) is 5.95 Å². The summed E-state index contributed by atoms with van der Waals surface area (Å²) in [6, 6.07) is 10.00. The molecule has 0 radical (unpaired) electrons. The van der Waals surface area contributed by atoms with Crippen molar-refractivity contribution in [2.24, 2.45) is 7.05 Å². The van der Waals surface area contributed by atoms with Gasteiger partial charge in [-0.3, -0.25) is 4.79 Å². The Labute approximate surface area is 167 Å². The van der Waals surface area contributed by atoms with Gasteiger partial charge in [-0.15, -0.1) is 0 Å². The molecule has 148 valence electrons. The molecule has 0 atom stereocenters. The van der Waals surface area contributed by atoms with Gasteiger partial charge in [0.15, 0.2) is 0 Å². The summed E-state index contributed by atoms with van der Waals surface area (Å²) in [4.78, 5) is 20.6. The van der Waals surface area contributed by atoms with Gasteiger partial charge in [0.2, 0.25) is 5.95 Å². The Morgan fingerprint density at radius 1 is 1.31 bits per heavy atom. The van der Waals surface area contributed by atoms with Crippen molar-refractivity contribution in [2.45, 2.75) is 6.92 Å². The molecule has 1 aromatic carbocycles. The molecule has 2 heterocycles. The first-order chi connectivity index (χ1) is 13.9. The maximum atomic E-state index is 13.4. The average Bonchev–Trinajstić information content (AvgIpc) is 3.00. The maximum absolute atomic E-state index is 13.4. The summed E-state index contributed by atoms with van der Waals surface area (Å²) >= 11 is 0. The third-order valence-electron chi connectivity index (χ3n) is 4.38. The number of halogens is 1. The zero-order chi connectivity index (χ0) is 21.0.